The molecule has 1 saturated carbocycles. The van der Waals surface area contributed by atoms with Crippen LogP contribution in [0.5, 0.6) is 0 Å². The average molecular weight is 461 g/mol. The minimum Gasteiger partial charge on any atom is -0.408 e. The summed E-state index contributed by atoms with van der Waals surface area (Å²) in [5.41, 5.74) is 9.95. The molecular weight excluding hydrogens is 432 g/mol. The van der Waals surface area contributed by atoms with Crippen LogP contribution >= 0.6 is 0 Å². The fourth-order valence-electron chi connectivity index (χ4n) is 4.59. The highest BCUT2D eigenvalue weighted by molar-refractivity contribution is 5.81. The number of oxazole rings is 1. The van der Waals surface area contributed by atoms with E-state index in [1.54, 1.807) is 4.57 Å². The molecule has 2 atom stereocenters. The SMILES string of the molecule is N#C[C@H](Cc1ccc(-c2ccc3oc(=O)n(CC4CC4)c3c2)cc1)N1CCCO[C@H](C(N)=O)C1. The number of fused-ring (bicyclic) bond motifs is 1. The van der Waals surface area contributed by atoms with Gasteiger partial charge in [0.15, 0.2) is 5.58 Å². The summed E-state index contributed by atoms with van der Waals surface area (Å²) < 4.78 is 12.7. The van der Waals surface area contributed by atoms with Crippen LogP contribution in [0.15, 0.2) is 51.7 Å². The number of nitriles is 1. The number of carbonyl (C=O) groups is 1. The first-order valence-electron chi connectivity index (χ1n) is 11.8. The maximum Gasteiger partial charge on any atom is 0.419 e. The molecule has 1 aromatic heterocycles. The van der Waals surface area contributed by atoms with Crippen LogP contribution in [0.4, 0.5) is 0 Å². The van der Waals surface area contributed by atoms with Gasteiger partial charge in [0.05, 0.1) is 11.6 Å². The second-order valence-corrected chi connectivity index (χ2v) is 9.26. The Morgan fingerprint density at radius 3 is 2.65 bits per heavy atom. The molecule has 2 aromatic carbocycles. The van der Waals surface area contributed by atoms with Gasteiger partial charge in [0.2, 0.25) is 5.91 Å². The van der Waals surface area contributed by atoms with Gasteiger partial charge in [0.1, 0.15) is 12.1 Å². The number of amides is 1. The Morgan fingerprint density at radius 2 is 1.94 bits per heavy atom. The predicted octanol–water partition coefficient (Wildman–Crippen LogP) is 2.68. The van der Waals surface area contributed by atoms with Crippen molar-refractivity contribution in [3.05, 3.63) is 58.6 Å². The highest BCUT2D eigenvalue weighted by Crippen LogP contribution is 2.32. The van der Waals surface area contributed by atoms with E-state index < -0.39 is 12.0 Å². The lowest BCUT2D eigenvalue weighted by atomic mass is 10.00. The van der Waals surface area contributed by atoms with Crippen molar-refractivity contribution >= 4 is 17.0 Å². The lowest BCUT2D eigenvalue weighted by molar-refractivity contribution is -0.129. The number of primary amides is 1. The summed E-state index contributed by atoms with van der Waals surface area (Å²) >= 11 is 0. The lowest BCUT2D eigenvalue weighted by Gasteiger charge is -2.27. The molecule has 2 heterocycles. The Morgan fingerprint density at radius 1 is 1.18 bits per heavy atom. The summed E-state index contributed by atoms with van der Waals surface area (Å²) in [6.45, 7) is 2.20. The third-order valence-electron chi connectivity index (χ3n) is 6.74. The van der Waals surface area contributed by atoms with Gasteiger partial charge in [-0.15, -0.1) is 0 Å². The number of ether oxygens (including phenoxy) is 1. The number of nitrogens with two attached hydrogens (primary N) is 1. The zero-order valence-electron chi connectivity index (χ0n) is 19.0. The molecule has 2 aliphatic rings. The maximum atomic E-state index is 12.3. The van der Waals surface area contributed by atoms with E-state index >= 15 is 0 Å². The normalized spacial score (nSPS) is 20.0. The predicted molar refractivity (Wildman–Crippen MR) is 127 cm³/mol. The second-order valence-electron chi connectivity index (χ2n) is 9.26. The van der Waals surface area contributed by atoms with Crippen molar-refractivity contribution < 1.29 is 13.9 Å². The van der Waals surface area contributed by atoms with E-state index in [9.17, 15) is 14.9 Å². The van der Waals surface area contributed by atoms with Gasteiger partial charge in [-0.3, -0.25) is 14.3 Å². The number of hydrogen-bond donors (Lipinski definition) is 1. The number of carbonyl (C=O) groups excluding carboxylic acids is 1. The number of nitrogens with zero attached hydrogens (tertiary/aromatic N) is 3. The highest BCUT2D eigenvalue weighted by atomic mass is 16.5. The molecule has 3 aromatic rings. The smallest absolute Gasteiger partial charge is 0.408 e. The van der Waals surface area contributed by atoms with Crippen LogP contribution in [0, 0.1) is 17.2 Å². The minimum absolute atomic E-state index is 0.297. The van der Waals surface area contributed by atoms with Gasteiger partial charge in [0, 0.05) is 32.7 Å². The van der Waals surface area contributed by atoms with Crippen LogP contribution in [0.25, 0.3) is 22.2 Å². The molecule has 8 heteroatoms. The number of hydrogen-bond acceptors (Lipinski definition) is 6. The van der Waals surface area contributed by atoms with Gasteiger partial charge >= 0.3 is 5.76 Å². The summed E-state index contributed by atoms with van der Waals surface area (Å²) in [6, 6.07) is 16.0. The van der Waals surface area contributed by atoms with Gasteiger partial charge in [-0.1, -0.05) is 30.3 Å². The van der Waals surface area contributed by atoms with E-state index in [-0.39, 0.29) is 11.8 Å². The van der Waals surface area contributed by atoms with Gasteiger partial charge < -0.3 is 14.9 Å². The van der Waals surface area contributed by atoms with Crippen molar-refractivity contribution in [3.8, 4) is 17.2 Å². The lowest BCUT2D eigenvalue weighted by Crippen LogP contribution is -2.44. The molecule has 8 nitrogen and oxygen atoms in total. The van der Waals surface area contributed by atoms with Gasteiger partial charge in [-0.25, -0.2) is 4.79 Å². The van der Waals surface area contributed by atoms with Crippen LogP contribution < -0.4 is 11.5 Å². The van der Waals surface area contributed by atoms with E-state index in [0.717, 1.165) is 41.5 Å². The zero-order chi connectivity index (χ0) is 23.7. The zero-order valence-corrected chi connectivity index (χ0v) is 19.0. The number of aromatic nitrogens is 1. The standard InChI is InChI=1S/C26H28N4O4/c27-14-21(29-10-1-11-33-24(16-29)25(28)31)12-17-4-6-19(7-5-17)20-8-9-23-22(13-20)30(26(32)34-23)15-18-2-3-18/h4-9,13,18,21,24H,1-3,10-12,15-16H2,(H2,28,31)/t21-,24-/m0/s1. The van der Waals surface area contributed by atoms with Crippen molar-refractivity contribution in [1.82, 2.24) is 9.47 Å². The summed E-state index contributed by atoms with van der Waals surface area (Å²) in [5.74, 6) is -0.219. The fourth-order valence-corrected chi connectivity index (χ4v) is 4.59. The van der Waals surface area contributed by atoms with Crippen molar-refractivity contribution in [3.63, 3.8) is 0 Å². The molecular formula is C26H28N4O4. The second kappa shape index (κ2) is 9.45. The first kappa shape index (κ1) is 22.4. The topological polar surface area (TPSA) is 114 Å². The van der Waals surface area contributed by atoms with Crippen molar-refractivity contribution in [2.24, 2.45) is 11.7 Å². The Labute approximate surface area is 197 Å². The number of rotatable bonds is 7. The van der Waals surface area contributed by atoms with Crippen LogP contribution in [0.1, 0.15) is 24.8 Å². The molecule has 34 heavy (non-hydrogen) atoms. The number of benzene rings is 2. The molecule has 1 aliphatic heterocycles. The Balaban J connectivity index is 1.33. The quantitative estimate of drug-likeness (QED) is 0.580. The van der Waals surface area contributed by atoms with E-state index in [1.807, 2.05) is 47.4 Å². The molecule has 5 rings (SSSR count). The minimum atomic E-state index is -0.684. The summed E-state index contributed by atoms with van der Waals surface area (Å²) in [4.78, 5) is 25.9. The Hall–Kier alpha value is -3.41. The van der Waals surface area contributed by atoms with Crippen LogP contribution in [0.3, 0.4) is 0 Å². The van der Waals surface area contributed by atoms with E-state index in [1.165, 1.54) is 0 Å². The summed E-state index contributed by atoms with van der Waals surface area (Å²) in [7, 11) is 0. The first-order valence-corrected chi connectivity index (χ1v) is 11.8. The van der Waals surface area contributed by atoms with Crippen LogP contribution in [-0.2, 0) is 22.5 Å². The molecule has 0 unspecified atom stereocenters. The van der Waals surface area contributed by atoms with Crippen molar-refractivity contribution in [2.45, 2.75) is 44.4 Å². The largest absolute Gasteiger partial charge is 0.419 e. The van der Waals surface area contributed by atoms with Crippen LogP contribution in [0.2, 0.25) is 0 Å². The molecule has 0 bridgehead atoms. The average Bonchev–Trinajstić information content (AvgIpc) is 3.64. The maximum absolute atomic E-state index is 12.3. The molecule has 176 valence electrons. The Kier molecular flexibility index (Phi) is 6.22. The monoisotopic (exact) mass is 460 g/mol. The van der Waals surface area contributed by atoms with Crippen molar-refractivity contribution in [1.29, 1.82) is 5.26 Å². The van der Waals surface area contributed by atoms with Gasteiger partial charge in [-0.05, 0) is 54.0 Å². The summed E-state index contributed by atoms with van der Waals surface area (Å²) in [6.07, 6.45) is 2.94. The van der Waals surface area contributed by atoms with Crippen molar-refractivity contribution in [2.75, 3.05) is 19.7 Å². The Bertz CT molecular complexity index is 1280. The molecule has 2 fully saturated rings. The third kappa shape index (κ3) is 4.76. The van der Waals surface area contributed by atoms with Gasteiger partial charge in [-0.2, -0.15) is 5.26 Å². The molecule has 0 radical (unpaired) electrons. The molecule has 1 amide bonds. The van der Waals surface area contributed by atoms with Gasteiger partial charge in [0.25, 0.3) is 0 Å². The third-order valence-corrected chi connectivity index (χ3v) is 6.74. The van der Waals surface area contributed by atoms with E-state index in [4.69, 9.17) is 14.9 Å². The summed E-state index contributed by atoms with van der Waals surface area (Å²) in [5, 5.41) is 9.80. The van der Waals surface area contributed by atoms with E-state index in [2.05, 4.69) is 6.07 Å². The molecule has 2 N–H and O–H groups in total. The highest BCUT2D eigenvalue weighted by Gasteiger charge is 2.28. The van der Waals surface area contributed by atoms with E-state index in [0.29, 0.717) is 44.2 Å². The first-order chi connectivity index (χ1) is 16.5. The molecule has 0 spiro atoms. The fraction of sp³-hybridized carbons (Fsp3) is 0.423. The molecule has 1 saturated heterocycles. The van der Waals surface area contributed by atoms with Crippen LogP contribution in [-0.4, -0.2) is 47.2 Å². The molecule has 1 aliphatic carbocycles.